The lowest BCUT2D eigenvalue weighted by Gasteiger charge is -2.01. The van der Waals surface area contributed by atoms with Gasteiger partial charge in [0.05, 0.1) is 12.8 Å². The van der Waals surface area contributed by atoms with Crippen molar-refractivity contribution in [3.8, 4) is 11.3 Å². The highest BCUT2D eigenvalue weighted by molar-refractivity contribution is 6.29. The molecule has 0 aliphatic carbocycles. The largest absolute Gasteiger partial charge is 0.465 e. The summed E-state index contributed by atoms with van der Waals surface area (Å²) in [6, 6.07) is 3.51. The Bertz CT molecular complexity index is 597. The van der Waals surface area contributed by atoms with Gasteiger partial charge in [-0.05, 0) is 26.0 Å². The van der Waals surface area contributed by atoms with Crippen LogP contribution in [0.2, 0.25) is 5.15 Å². The van der Waals surface area contributed by atoms with Gasteiger partial charge in [0, 0.05) is 11.3 Å². The first-order valence-electron chi connectivity index (χ1n) is 5.79. The lowest BCUT2D eigenvalue weighted by molar-refractivity contribution is -0.144. The van der Waals surface area contributed by atoms with Gasteiger partial charge in [0.1, 0.15) is 17.4 Å². The Labute approximate surface area is 115 Å². The number of rotatable bonds is 4. The minimum Gasteiger partial charge on any atom is -0.465 e. The highest BCUT2D eigenvalue weighted by Crippen LogP contribution is 2.21. The molecule has 2 aromatic heterocycles. The summed E-state index contributed by atoms with van der Waals surface area (Å²) >= 11 is 5.80. The van der Waals surface area contributed by atoms with E-state index in [2.05, 4.69) is 15.3 Å². The number of aromatic nitrogens is 4. The number of halogens is 1. The van der Waals surface area contributed by atoms with Crippen molar-refractivity contribution in [3.05, 3.63) is 29.2 Å². The lowest BCUT2D eigenvalue weighted by atomic mass is 10.1. The first-order valence-corrected chi connectivity index (χ1v) is 6.17. The first-order chi connectivity index (χ1) is 9.10. The molecule has 0 aromatic carbocycles. The van der Waals surface area contributed by atoms with Gasteiger partial charge in [-0.1, -0.05) is 16.8 Å². The van der Waals surface area contributed by atoms with Crippen LogP contribution in [0.5, 0.6) is 0 Å². The second-order valence-electron chi connectivity index (χ2n) is 3.87. The monoisotopic (exact) mass is 280 g/mol. The Morgan fingerprint density at radius 2 is 2.26 bits per heavy atom. The Kier molecular flexibility index (Phi) is 4.11. The van der Waals surface area contributed by atoms with Gasteiger partial charge in [-0.3, -0.25) is 4.79 Å². The summed E-state index contributed by atoms with van der Waals surface area (Å²) in [5, 5.41) is 8.33. The maximum absolute atomic E-state index is 11.3. The van der Waals surface area contributed by atoms with Gasteiger partial charge in [0.15, 0.2) is 0 Å². The summed E-state index contributed by atoms with van der Waals surface area (Å²) < 4.78 is 6.27. The Morgan fingerprint density at radius 1 is 1.47 bits per heavy atom. The molecule has 100 valence electrons. The average molecular weight is 281 g/mol. The van der Waals surface area contributed by atoms with E-state index in [1.807, 2.05) is 13.0 Å². The molecule has 2 aromatic rings. The van der Waals surface area contributed by atoms with Gasteiger partial charge < -0.3 is 4.74 Å². The van der Waals surface area contributed by atoms with E-state index in [0.29, 0.717) is 17.5 Å². The van der Waals surface area contributed by atoms with Gasteiger partial charge in [-0.2, -0.15) is 0 Å². The normalized spacial score (nSPS) is 10.5. The SMILES string of the molecule is CCOC(=O)Cn1cc(-c2ccc(Cl)nc2C)nn1. The lowest BCUT2D eigenvalue weighted by Crippen LogP contribution is -2.13. The van der Waals surface area contributed by atoms with Crippen LogP contribution in [0, 0.1) is 6.92 Å². The molecule has 0 saturated heterocycles. The van der Waals surface area contributed by atoms with Crippen LogP contribution >= 0.6 is 11.6 Å². The van der Waals surface area contributed by atoms with Gasteiger partial charge in [-0.15, -0.1) is 5.10 Å². The van der Waals surface area contributed by atoms with Gasteiger partial charge in [0.2, 0.25) is 0 Å². The van der Waals surface area contributed by atoms with Crippen molar-refractivity contribution in [2.75, 3.05) is 6.61 Å². The number of ether oxygens (including phenoxy) is 1. The van der Waals surface area contributed by atoms with Gasteiger partial charge in [0.25, 0.3) is 0 Å². The van der Waals surface area contributed by atoms with Crippen LogP contribution in [0.1, 0.15) is 12.6 Å². The molecule has 0 aliphatic rings. The fraction of sp³-hybridized carbons (Fsp3) is 0.333. The van der Waals surface area contributed by atoms with Crippen molar-refractivity contribution < 1.29 is 9.53 Å². The van der Waals surface area contributed by atoms with Crippen molar-refractivity contribution in [2.24, 2.45) is 0 Å². The molecule has 2 rings (SSSR count). The third-order valence-corrected chi connectivity index (χ3v) is 2.67. The number of aryl methyl sites for hydroxylation is 1. The van der Waals surface area contributed by atoms with Crippen molar-refractivity contribution in [1.29, 1.82) is 0 Å². The van der Waals surface area contributed by atoms with Crippen LogP contribution in [0.4, 0.5) is 0 Å². The third kappa shape index (κ3) is 3.29. The van der Waals surface area contributed by atoms with Crippen LogP contribution in [0.3, 0.4) is 0 Å². The predicted molar refractivity (Wildman–Crippen MR) is 69.6 cm³/mol. The number of carbonyl (C=O) groups is 1. The molecule has 0 radical (unpaired) electrons. The first kappa shape index (κ1) is 13.5. The molecule has 0 spiro atoms. The van der Waals surface area contributed by atoms with Crippen LogP contribution < -0.4 is 0 Å². The van der Waals surface area contributed by atoms with Crippen molar-refractivity contribution in [3.63, 3.8) is 0 Å². The van der Waals surface area contributed by atoms with Crippen LogP contribution in [-0.4, -0.2) is 32.6 Å². The number of carbonyl (C=O) groups excluding carboxylic acids is 1. The minimum absolute atomic E-state index is 0.0426. The van der Waals surface area contributed by atoms with Crippen LogP contribution in [0.25, 0.3) is 11.3 Å². The van der Waals surface area contributed by atoms with E-state index < -0.39 is 0 Å². The zero-order chi connectivity index (χ0) is 13.8. The molecular weight excluding hydrogens is 268 g/mol. The second-order valence-corrected chi connectivity index (χ2v) is 4.26. The molecule has 19 heavy (non-hydrogen) atoms. The van der Waals surface area contributed by atoms with E-state index in [-0.39, 0.29) is 12.5 Å². The van der Waals surface area contributed by atoms with E-state index in [9.17, 15) is 4.79 Å². The van der Waals surface area contributed by atoms with E-state index in [1.54, 1.807) is 19.2 Å². The Hall–Kier alpha value is -1.95. The molecule has 7 heteroatoms. The van der Waals surface area contributed by atoms with Crippen LogP contribution in [0.15, 0.2) is 18.3 Å². The summed E-state index contributed by atoms with van der Waals surface area (Å²) in [5.74, 6) is -0.343. The van der Waals surface area contributed by atoms with Crippen molar-refractivity contribution in [1.82, 2.24) is 20.0 Å². The molecule has 0 fully saturated rings. The average Bonchev–Trinajstić information content (AvgIpc) is 2.77. The number of nitrogens with zero attached hydrogens (tertiary/aromatic N) is 4. The number of esters is 1. The van der Waals surface area contributed by atoms with Crippen molar-refractivity contribution in [2.45, 2.75) is 20.4 Å². The fourth-order valence-corrected chi connectivity index (χ4v) is 1.83. The smallest absolute Gasteiger partial charge is 0.327 e. The maximum Gasteiger partial charge on any atom is 0.327 e. The standard InChI is InChI=1S/C12H13ClN4O2/c1-3-19-12(18)7-17-6-10(15-16-17)9-4-5-11(13)14-8(9)2/h4-6H,3,7H2,1-2H3. The molecule has 0 bridgehead atoms. The van der Waals surface area contributed by atoms with Gasteiger partial charge in [-0.25, -0.2) is 9.67 Å². The zero-order valence-electron chi connectivity index (χ0n) is 10.6. The van der Waals surface area contributed by atoms with Gasteiger partial charge >= 0.3 is 5.97 Å². The third-order valence-electron chi connectivity index (χ3n) is 2.46. The Balaban J connectivity index is 2.18. The van der Waals surface area contributed by atoms with E-state index >= 15 is 0 Å². The van der Waals surface area contributed by atoms with E-state index in [1.165, 1.54) is 4.68 Å². The molecule has 0 aliphatic heterocycles. The molecule has 0 saturated carbocycles. The minimum atomic E-state index is -0.343. The summed E-state index contributed by atoms with van der Waals surface area (Å²) in [7, 11) is 0. The number of hydrogen-bond donors (Lipinski definition) is 0. The summed E-state index contributed by atoms with van der Waals surface area (Å²) in [4.78, 5) is 15.5. The quantitative estimate of drug-likeness (QED) is 0.631. The molecule has 0 atom stereocenters. The Morgan fingerprint density at radius 3 is 2.95 bits per heavy atom. The molecule has 0 amide bonds. The van der Waals surface area contributed by atoms with E-state index in [4.69, 9.17) is 16.3 Å². The molecule has 0 unspecified atom stereocenters. The zero-order valence-corrected chi connectivity index (χ0v) is 11.4. The molecule has 2 heterocycles. The van der Waals surface area contributed by atoms with Crippen molar-refractivity contribution >= 4 is 17.6 Å². The second kappa shape index (κ2) is 5.79. The highest BCUT2D eigenvalue weighted by atomic mass is 35.5. The predicted octanol–water partition coefficient (Wildman–Crippen LogP) is 1.87. The fourth-order valence-electron chi connectivity index (χ4n) is 1.64. The summed E-state index contributed by atoms with van der Waals surface area (Å²) in [6.07, 6.45) is 1.68. The summed E-state index contributed by atoms with van der Waals surface area (Å²) in [6.45, 7) is 3.99. The molecular formula is C12H13ClN4O2. The number of pyridine rings is 1. The molecule has 0 N–H and O–H groups in total. The maximum atomic E-state index is 11.3. The highest BCUT2D eigenvalue weighted by Gasteiger charge is 2.10. The summed E-state index contributed by atoms with van der Waals surface area (Å²) in [5.41, 5.74) is 2.24. The topological polar surface area (TPSA) is 69.9 Å². The number of hydrogen-bond acceptors (Lipinski definition) is 5. The van der Waals surface area contributed by atoms with E-state index in [0.717, 1.165) is 11.3 Å². The van der Waals surface area contributed by atoms with Crippen LogP contribution in [-0.2, 0) is 16.1 Å². The molecule has 6 nitrogen and oxygen atoms in total.